The smallest absolute Gasteiger partial charge is 0.0745 e. The second-order valence-electron chi connectivity index (χ2n) is 3.90. The third-order valence-electron chi connectivity index (χ3n) is 2.62. The van der Waals surface area contributed by atoms with Crippen molar-refractivity contribution in [2.75, 3.05) is 13.7 Å². The second kappa shape index (κ2) is 5.58. The first kappa shape index (κ1) is 11.0. The minimum Gasteiger partial charge on any atom is -0.391 e. The fourth-order valence-electron chi connectivity index (χ4n) is 1.89. The molecule has 0 saturated heterocycles. The summed E-state index contributed by atoms with van der Waals surface area (Å²) in [5, 5.41) is 12.4. The maximum Gasteiger partial charge on any atom is 0.0745 e. The summed E-state index contributed by atoms with van der Waals surface area (Å²) in [5.74, 6) is 0. The number of aliphatic hydroxyl groups excluding tert-OH is 1. The standard InChI is InChI=1S/C10H21NO2/c1-8(12)7-13-10-6-4-3-5-9(10)11-2/h8-12H,3-7H2,1-2H3. The molecule has 1 aliphatic carbocycles. The van der Waals surface area contributed by atoms with Crippen LogP contribution in [0.2, 0.25) is 0 Å². The topological polar surface area (TPSA) is 41.5 Å². The highest BCUT2D eigenvalue weighted by Gasteiger charge is 2.24. The van der Waals surface area contributed by atoms with Crippen molar-refractivity contribution in [1.82, 2.24) is 5.32 Å². The molecule has 3 nitrogen and oxygen atoms in total. The molecule has 0 aromatic heterocycles. The van der Waals surface area contributed by atoms with Gasteiger partial charge in [-0.15, -0.1) is 0 Å². The molecular weight excluding hydrogens is 166 g/mol. The lowest BCUT2D eigenvalue weighted by Gasteiger charge is -2.31. The quantitative estimate of drug-likeness (QED) is 0.687. The average Bonchev–Trinajstić information content (AvgIpc) is 2.15. The Bertz CT molecular complexity index is 139. The van der Waals surface area contributed by atoms with E-state index >= 15 is 0 Å². The SMILES string of the molecule is CNC1CCCCC1OCC(C)O. The van der Waals surface area contributed by atoms with Crippen LogP contribution in [0.3, 0.4) is 0 Å². The summed E-state index contributed by atoms with van der Waals surface area (Å²) < 4.78 is 5.64. The van der Waals surface area contributed by atoms with Gasteiger partial charge in [-0.1, -0.05) is 12.8 Å². The predicted octanol–water partition coefficient (Wildman–Crippen LogP) is 0.914. The Kier molecular flexibility index (Phi) is 4.70. The summed E-state index contributed by atoms with van der Waals surface area (Å²) in [6, 6.07) is 0.479. The number of likely N-dealkylation sites (N-methyl/N-ethyl adjacent to an activating group) is 1. The van der Waals surface area contributed by atoms with Crippen molar-refractivity contribution in [1.29, 1.82) is 0 Å². The van der Waals surface area contributed by atoms with E-state index < -0.39 is 0 Å². The highest BCUT2D eigenvalue weighted by Crippen LogP contribution is 2.21. The van der Waals surface area contributed by atoms with Crippen LogP contribution in [-0.2, 0) is 4.74 Å². The average molecular weight is 187 g/mol. The van der Waals surface area contributed by atoms with Crippen LogP contribution in [0.1, 0.15) is 32.6 Å². The van der Waals surface area contributed by atoms with Gasteiger partial charge < -0.3 is 15.2 Å². The summed E-state index contributed by atoms with van der Waals surface area (Å²) in [4.78, 5) is 0. The van der Waals surface area contributed by atoms with Gasteiger partial charge in [0.2, 0.25) is 0 Å². The van der Waals surface area contributed by atoms with Gasteiger partial charge in [-0.05, 0) is 26.8 Å². The molecular formula is C10H21NO2. The Morgan fingerprint density at radius 2 is 2.15 bits per heavy atom. The molecule has 0 aromatic rings. The second-order valence-corrected chi connectivity index (χ2v) is 3.90. The molecule has 0 bridgehead atoms. The van der Waals surface area contributed by atoms with Gasteiger partial charge in [0.1, 0.15) is 0 Å². The lowest BCUT2D eigenvalue weighted by atomic mass is 9.92. The zero-order valence-electron chi connectivity index (χ0n) is 8.62. The van der Waals surface area contributed by atoms with Gasteiger partial charge in [0.15, 0.2) is 0 Å². The maximum absolute atomic E-state index is 9.10. The van der Waals surface area contributed by atoms with Crippen molar-refractivity contribution in [2.24, 2.45) is 0 Å². The minimum absolute atomic E-state index is 0.299. The Labute approximate surface area is 80.5 Å². The molecule has 3 heteroatoms. The third-order valence-corrected chi connectivity index (χ3v) is 2.62. The summed E-state index contributed by atoms with van der Waals surface area (Å²) in [5.41, 5.74) is 0. The molecule has 78 valence electrons. The number of aliphatic hydroxyl groups is 1. The molecule has 0 radical (unpaired) electrons. The number of nitrogens with one attached hydrogen (secondary N) is 1. The van der Waals surface area contributed by atoms with Crippen LogP contribution >= 0.6 is 0 Å². The molecule has 1 fully saturated rings. The van der Waals surface area contributed by atoms with Crippen LogP contribution in [0.25, 0.3) is 0 Å². The lowest BCUT2D eigenvalue weighted by Crippen LogP contribution is -2.42. The van der Waals surface area contributed by atoms with Gasteiger partial charge in [-0.2, -0.15) is 0 Å². The fourth-order valence-corrected chi connectivity index (χ4v) is 1.89. The zero-order valence-corrected chi connectivity index (χ0v) is 8.62. The molecule has 1 rings (SSSR count). The van der Waals surface area contributed by atoms with E-state index in [1.807, 2.05) is 7.05 Å². The van der Waals surface area contributed by atoms with E-state index in [9.17, 15) is 0 Å². The Morgan fingerprint density at radius 1 is 1.46 bits per heavy atom. The number of hydrogen-bond donors (Lipinski definition) is 2. The Hall–Kier alpha value is -0.120. The molecule has 3 unspecified atom stereocenters. The normalized spacial score (nSPS) is 31.6. The van der Waals surface area contributed by atoms with E-state index in [-0.39, 0.29) is 6.10 Å². The predicted molar refractivity (Wildman–Crippen MR) is 52.7 cm³/mol. The van der Waals surface area contributed by atoms with Crippen LogP contribution in [-0.4, -0.2) is 37.0 Å². The van der Waals surface area contributed by atoms with Gasteiger partial charge in [0.05, 0.1) is 18.8 Å². The van der Waals surface area contributed by atoms with Gasteiger partial charge in [-0.25, -0.2) is 0 Å². The van der Waals surface area contributed by atoms with E-state index in [4.69, 9.17) is 9.84 Å². The van der Waals surface area contributed by atoms with E-state index in [0.29, 0.717) is 18.8 Å². The largest absolute Gasteiger partial charge is 0.391 e. The van der Waals surface area contributed by atoms with Crippen LogP contribution in [0.4, 0.5) is 0 Å². The fraction of sp³-hybridized carbons (Fsp3) is 1.00. The van der Waals surface area contributed by atoms with Crippen LogP contribution in [0.5, 0.6) is 0 Å². The van der Waals surface area contributed by atoms with E-state index in [1.165, 1.54) is 19.3 Å². The van der Waals surface area contributed by atoms with Crippen molar-refractivity contribution >= 4 is 0 Å². The minimum atomic E-state index is -0.348. The molecule has 0 amide bonds. The maximum atomic E-state index is 9.10. The van der Waals surface area contributed by atoms with Crippen molar-refractivity contribution in [2.45, 2.75) is 50.9 Å². The van der Waals surface area contributed by atoms with Crippen LogP contribution < -0.4 is 5.32 Å². The lowest BCUT2D eigenvalue weighted by molar-refractivity contribution is -0.0321. The van der Waals surface area contributed by atoms with Crippen LogP contribution in [0.15, 0.2) is 0 Å². The van der Waals surface area contributed by atoms with Crippen LogP contribution in [0, 0.1) is 0 Å². The first-order valence-corrected chi connectivity index (χ1v) is 5.21. The molecule has 13 heavy (non-hydrogen) atoms. The highest BCUT2D eigenvalue weighted by atomic mass is 16.5. The molecule has 0 aliphatic heterocycles. The highest BCUT2D eigenvalue weighted by molar-refractivity contribution is 4.80. The summed E-state index contributed by atoms with van der Waals surface area (Å²) in [7, 11) is 1.98. The first-order chi connectivity index (χ1) is 6.24. The summed E-state index contributed by atoms with van der Waals surface area (Å²) in [6.07, 6.45) is 4.81. The van der Waals surface area contributed by atoms with E-state index in [2.05, 4.69) is 5.32 Å². The molecule has 3 atom stereocenters. The van der Waals surface area contributed by atoms with E-state index in [0.717, 1.165) is 6.42 Å². The Balaban J connectivity index is 2.27. The van der Waals surface area contributed by atoms with Gasteiger partial charge in [0.25, 0.3) is 0 Å². The monoisotopic (exact) mass is 187 g/mol. The summed E-state index contributed by atoms with van der Waals surface area (Å²) in [6.45, 7) is 2.22. The molecule has 2 N–H and O–H groups in total. The molecule has 0 heterocycles. The van der Waals surface area contributed by atoms with Crippen molar-refractivity contribution in [3.63, 3.8) is 0 Å². The van der Waals surface area contributed by atoms with Crippen molar-refractivity contribution in [3.8, 4) is 0 Å². The zero-order chi connectivity index (χ0) is 9.68. The number of rotatable bonds is 4. The van der Waals surface area contributed by atoms with Gasteiger partial charge >= 0.3 is 0 Å². The number of hydrogen-bond acceptors (Lipinski definition) is 3. The van der Waals surface area contributed by atoms with Crippen molar-refractivity contribution < 1.29 is 9.84 Å². The Morgan fingerprint density at radius 3 is 2.77 bits per heavy atom. The number of ether oxygens (including phenoxy) is 1. The van der Waals surface area contributed by atoms with E-state index in [1.54, 1.807) is 6.92 Å². The molecule has 0 aromatic carbocycles. The van der Waals surface area contributed by atoms with Gasteiger partial charge in [-0.3, -0.25) is 0 Å². The molecule has 0 spiro atoms. The molecule has 1 saturated carbocycles. The first-order valence-electron chi connectivity index (χ1n) is 5.21. The van der Waals surface area contributed by atoms with Gasteiger partial charge in [0, 0.05) is 6.04 Å². The summed E-state index contributed by atoms with van der Waals surface area (Å²) >= 11 is 0. The van der Waals surface area contributed by atoms with Crippen molar-refractivity contribution in [3.05, 3.63) is 0 Å². The third kappa shape index (κ3) is 3.63. The molecule has 1 aliphatic rings.